The van der Waals surface area contributed by atoms with E-state index in [1.165, 1.54) is 5.39 Å². The van der Waals surface area contributed by atoms with Gasteiger partial charge in [0.2, 0.25) is 0 Å². The summed E-state index contributed by atoms with van der Waals surface area (Å²) in [4.78, 5) is 14.8. The van der Waals surface area contributed by atoms with E-state index in [4.69, 9.17) is 19.4 Å². The van der Waals surface area contributed by atoms with Gasteiger partial charge < -0.3 is 8.98 Å². The zero-order valence-corrected chi connectivity index (χ0v) is 23.6. The van der Waals surface area contributed by atoms with Crippen molar-refractivity contribution in [3.05, 3.63) is 146 Å². The Labute approximate surface area is 252 Å². The molecule has 0 radical (unpaired) electrons. The summed E-state index contributed by atoms with van der Waals surface area (Å²) in [5.74, 6) is 1.90. The zero-order valence-electron chi connectivity index (χ0n) is 23.6. The Morgan fingerprint density at radius 1 is 0.432 bits per heavy atom. The molecule has 9 aromatic rings. The monoisotopic (exact) mass is 564 g/mol. The van der Waals surface area contributed by atoms with Gasteiger partial charge in [-0.2, -0.15) is 0 Å². The van der Waals surface area contributed by atoms with Gasteiger partial charge in [0, 0.05) is 43.9 Å². The van der Waals surface area contributed by atoms with Crippen LogP contribution < -0.4 is 0 Å². The summed E-state index contributed by atoms with van der Waals surface area (Å²) in [6, 6.07) is 49.7. The van der Waals surface area contributed by atoms with Crippen LogP contribution in [0.4, 0.5) is 0 Å². The Morgan fingerprint density at radius 3 is 1.73 bits per heavy atom. The molecule has 0 aliphatic heterocycles. The zero-order chi connectivity index (χ0) is 29.0. The topological polar surface area (TPSA) is 56.7 Å². The van der Waals surface area contributed by atoms with Gasteiger partial charge >= 0.3 is 0 Å². The number of furan rings is 1. The molecular weight excluding hydrogens is 540 g/mol. The van der Waals surface area contributed by atoms with Gasteiger partial charge in [0.25, 0.3) is 0 Å². The lowest BCUT2D eigenvalue weighted by molar-refractivity contribution is 0.671. The Kier molecular flexibility index (Phi) is 5.43. The molecule has 206 valence electrons. The van der Waals surface area contributed by atoms with E-state index in [0.717, 1.165) is 60.7 Å². The number of hydrogen-bond donors (Lipinski definition) is 0. The Hall–Kier alpha value is -6.07. The first-order valence-electron chi connectivity index (χ1n) is 14.6. The molecule has 0 unspecified atom stereocenters. The highest BCUT2D eigenvalue weighted by Gasteiger charge is 2.19. The highest BCUT2D eigenvalue weighted by atomic mass is 16.3. The minimum Gasteiger partial charge on any atom is -0.454 e. The third-order valence-corrected chi connectivity index (χ3v) is 8.24. The van der Waals surface area contributed by atoms with Crippen molar-refractivity contribution in [3.63, 3.8) is 0 Å². The van der Waals surface area contributed by atoms with E-state index in [1.807, 2.05) is 72.8 Å². The first-order valence-corrected chi connectivity index (χ1v) is 14.6. The molecule has 0 aliphatic carbocycles. The number of benzene rings is 6. The maximum atomic E-state index is 6.55. The molecule has 5 nitrogen and oxygen atoms in total. The van der Waals surface area contributed by atoms with Gasteiger partial charge in [0.15, 0.2) is 23.1 Å². The highest BCUT2D eigenvalue weighted by molar-refractivity contribution is 6.21. The van der Waals surface area contributed by atoms with E-state index in [2.05, 4.69) is 77.4 Å². The fourth-order valence-electron chi connectivity index (χ4n) is 6.22. The van der Waals surface area contributed by atoms with Gasteiger partial charge in [-0.1, -0.05) is 115 Å². The molecule has 0 aliphatic rings. The molecule has 0 amide bonds. The predicted octanol–water partition coefficient (Wildman–Crippen LogP) is 9.87. The molecule has 0 saturated heterocycles. The van der Waals surface area contributed by atoms with E-state index < -0.39 is 0 Å². The third-order valence-electron chi connectivity index (χ3n) is 8.24. The van der Waals surface area contributed by atoms with E-state index >= 15 is 0 Å². The van der Waals surface area contributed by atoms with Crippen LogP contribution in [0.2, 0.25) is 0 Å². The third kappa shape index (κ3) is 3.83. The summed E-state index contributed by atoms with van der Waals surface area (Å²) in [5.41, 5.74) is 7.71. The Balaban J connectivity index is 1.30. The van der Waals surface area contributed by atoms with Crippen molar-refractivity contribution >= 4 is 43.7 Å². The van der Waals surface area contributed by atoms with Gasteiger partial charge in [-0.25, -0.2) is 15.0 Å². The van der Waals surface area contributed by atoms with Crippen LogP contribution in [0.15, 0.2) is 150 Å². The summed E-state index contributed by atoms with van der Waals surface area (Å²) in [6.07, 6.45) is 0. The molecule has 3 aromatic heterocycles. The normalized spacial score (nSPS) is 11.6. The molecule has 3 heterocycles. The summed E-state index contributed by atoms with van der Waals surface area (Å²) < 4.78 is 8.85. The maximum Gasteiger partial charge on any atom is 0.164 e. The second kappa shape index (κ2) is 9.75. The first kappa shape index (κ1) is 24.5. The Bertz CT molecular complexity index is 2440. The van der Waals surface area contributed by atoms with Crippen molar-refractivity contribution in [1.29, 1.82) is 0 Å². The van der Waals surface area contributed by atoms with Crippen LogP contribution >= 0.6 is 0 Å². The smallest absolute Gasteiger partial charge is 0.164 e. The predicted molar refractivity (Wildman–Crippen MR) is 178 cm³/mol. The summed E-state index contributed by atoms with van der Waals surface area (Å²) in [6.45, 7) is 0. The molecule has 6 aromatic carbocycles. The molecule has 5 heteroatoms. The first-order chi connectivity index (χ1) is 21.8. The quantitative estimate of drug-likeness (QED) is 0.213. The van der Waals surface area contributed by atoms with Gasteiger partial charge in [-0.15, -0.1) is 0 Å². The van der Waals surface area contributed by atoms with Crippen molar-refractivity contribution < 1.29 is 4.42 Å². The largest absolute Gasteiger partial charge is 0.454 e. The van der Waals surface area contributed by atoms with Crippen LogP contribution in [0.1, 0.15) is 0 Å². The molecule has 0 atom stereocenters. The van der Waals surface area contributed by atoms with Crippen molar-refractivity contribution in [3.8, 4) is 39.9 Å². The van der Waals surface area contributed by atoms with Crippen molar-refractivity contribution in [1.82, 2.24) is 19.5 Å². The summed E-state index contributed by atoms with van der Waals surface area (Å²) in [5, 5.41) is 4.54. The summed E-state index contributed by atoms with van der Waals surface area (Å²) in [7, 11) is 0. The van der Waals surface area contributed by atoms with Crippen molar-refractivity contribution in [2.45, 2.75) is 0 Å². The fourth-order valence-corrected chi connectivity index (χ4v) is 6.22. The standard InChI is InChI=1S/C39H24N4O/c1-3-12-25(13-4-1)37-40-38(26-14-5-2-6-15-26)42-39(41-37)27-16-11-17-28(24-27)43-33-20-9-7-18-29(33)31-22-23-32-30-19-8-10-21-34(30)44-36(32)35(31)43/h1-24H. The summed E-state index contributed by atoms with van der Waals surface area (Å²) >= 11 is 0. The average molecular weight is 565 g/mol. The lowest BCUT2D eigenvalue weighted by atomic mass is 10.1. The molecule has 9 rings (SSSR count). The average Bonchev–Trinajstić information content (AvgIpc) is 3.65. The van der Waals surface area contributed by atoms with Crippen LogP contribution in [0.3, 0.4) is 0 Å². The van der Waals surface area contributed by atoms with E-state index in [9.17, 15) is 0 Å². The molecule has 0 bridgehead atoms. The SMILES string of the molecule is c1ccc(-c2nc(-c3ccccc3)nc(-c3cccc(-n4c5ccccc5c5ccc6c7ccccc7oc6c54)c3)n2)cc1. The van der Waals surface area contributed by atoms with E-state index in [-0.39, 0.29) is 0 Å². The Morgan fingerprint density at radius 2 is 1.00 bits per heavy atom. The lowest BCUT2D eigenvalue weighted by Crippen LogP contribution is -2.01. The van der Waals surface area contributed by atoms with E-state index in [1.54, 1.807) is 0 Å². The van der Waals surface area contributed by atoms with Crippen LogP contribution in [-0.2, 0) is 0 Å². The fraction of sp³-hybridized carbons (Fsp3) is 0. The van der Waals surface area contributed by atoms with Crippen molar-refractivity contribution in [2.24, 2.45) is 0 Å². The number of fused-ring (bicyclic) bond motifs is 7. The molecule has 0 fully saturated rings. The molecular formula is C39H24N4O. The highest BCUT2D eigenvalue weighted by Crippen LogP contribution is 2.40. The van der Waals surface area contributed by atoms with Gasteiger partial charge in [0.1, 0.15) is 5.58 Å². The van der Waals surface area contributed by atoms with Crippen LogP contribution in [-0.4, -0.2) is 19.5 Å². The molecule has 0 N–H and O–H groups in total. The van der Waals surface area contributed by atoms with Gasteiger partial charge in [-0.05, 0) is 30.3 Å². The maximum absolute atomic E-state index is 6.55. The van der Waals surface area contributed by atoms with Crippen LogP contribution in [0.5, 0.6) is 0 Å². The van der Waals surface area contributed by atoms with Crippen LogP contribution in [0.25, 0.3) is 83.6 Å². The number of rotatable bonds is 4. The number of hydrogen-bond acceptors (Lipinski definition) is 4. The molecule has 44 heavy (non-hydrogen) atoms. The lowest BCUT2D eigenvalue weighted by Gasteiger charge is -2.11. The number of para-hydroxylation sites is 2. The van der Waals surface area contributed by atoms with Crippen LogP contribution in [0, 0.1) is 0 Å². The minimum atomic E-state index is 0.620. The van der Waals surface area contributed by atoms with Crippen molar-refractivity contribution in [2.75, 3.05) is 0 Å². The minimum absolute atomic E-state index is 0.620. The van der Waals surface area contributed by atoms with E-state index in [0.29, 0.717) is 17.5 Å². The second-order valence-electron chi connectivity index (χ2n) is 10.9. The van der Waals surface area contributed by atoms with Gasteiger partial charge in [-0.3, -0.25) is 0 Å². The molecule has 0 saturated carbocycles. The second-order valence-corrected chi connectivity index (χ2v) is 10.9. The van der Waals surface area contributed by atoms with Gasteiger partial charge in [0.05, 0.1) is 11.0 Å². The number of aromatic nitrogens is 4. The number of nitrogens with zero attached hydrogens (tertiary/aromatic N) is 4. The molecule has 0 spiro atoms.